The molecule has 140 valence electrons. The molecule has 1 N–H and O–H groups in total. The summed E-state index contributed by atoms with van der Waals surface area (Å²) in [5, 5.41) is 12.8. The lowest BCUT2D eigenvalue weighted by atomic mass is 10.1. The van der Waals surface area contributed by atoms with Crippen molar-refractivity contribution in [2.75, 3.05) is 18.2 Å². The highest BCUT2D eigenvalue weighted by molar-refractivity contribution is 7.99. The minimum absolute atomic E-state index is 0.106. The summed E-state index contributed by atoms with van der Waals surface area (Å²) < 4.78 is 5.17. The van der Waals surface area contributed by atoms with Crippen LogP contribution in [0.2, 0.25) is 0 Å². The monoisotopic (exact) mass is 390 g/mol. The molecular formula is C21H18N4O2S. The van der Waals surface area contributed by atoms with Crippen molar-refractivity contribution in [3.8, 4) is 23.1 Å². The molecule has 3 rings (SSSR count). The highest BCUT2D eigenvalue weighted by Gasteiger charge is 2.10. The first kappa shape index (κ1) is 19.4. The van der Waals surface area contributed by atoms with Gasteiger partial charge in [-0.05, 0) is 48.5 Å². The number of nitriles is 1. The Bertz CT molecular complexity index is 986. The number of thioether (sulfide) groups is 1. The molecule has 0 atom stereocenters. The number of nitrogens with zero attached hydrogens (tertiary/aromatic N) is 3. The van der Waals surface area contributed by atoms with E-state index in [1.54, 1.807) is 37.7 Å². The molecule has 28 heavy (non-hydrogen) atoms. The summed E-state index contributed by atoms with van der Waals surface area (Å²) in [5.41, 5.74) is 2.86. The van der Waals surface area contributed by atoms with Crippen LogP contribution >= 0.6 is 11.8 Å². The van der Waals surface area contributed by atoms with Crippen LogP contribution in [0.15, 0.2) is 66.0 Å². The third-order valence-electron chi connectivity index (χ3n) is 3.88. The van der Waals surface area contributed by atoms with Gasteiger partial charge in [0, 0.05) is 23.9 Å². The molecule has 7 heteroatoms. The maximum absolute atomic E-state index is 12.1. The maximum Gasteiger partial charge on any atom is 0.225 e. The van der Waals surface area contributed by atoms with E-state index < -0.39 is 0 Å². The van der Waals surface area contributed by atoms with Crippen molar-refractivity contribution in [1.82, 2.24) is 9.97 Å². The van der Waals surface area contributed by atoms with Gasteiger partial charge in [-0.25, -0.2) is 4.98 Å². The highest BCUT2D eigenvalue weighted by Crippen LogP contribution is 2.27. The van der Waals surface area contributed by atoms with Gasteiger partial charge in [-0.15, -0.1) is 11.8 Å². The van der Waals surface area contributed by atoms with Gasteiger partial charge in [0.05, 0.1) is 30.3 Å². The van der Waals surface area contributed by atoms with Crippen LogP contribution in [0.5, 0.6) is 5.75 Å². The first-order valence-electron chi connectivity index (χ1n) is 8.58. The third-order valence-corrected chi connectivity index (χ3v) is 4.87. The van der Waals surface area contributed by atoms with E-state index in [0.29, 0.717) is 28.5 Å². The number of anilines is 1. The number of methoxy groups -OCH3 is 1. The van der Waals surface area contributed by atoms with Gasteiger partial charge >= 0.3 is 0 Å². The molecule has 0 aliphatic heterocycles. The predicted octanol–water partition coefficient (Wildman–Crippen LogP) is 4.14. The van der Waals surface area contributed by atoms with E-state index in [0.717, 1.165) is 17.0 Å². The van der Waals surface area contributed by atoms with Gasteiger partial charge in [0.2, 0.25) is 5.91 Å². The Labute approximate surface area is 167 Å². The number of aromatic nitrogens is 2. The number of rotatable bonds is 7. The molecule has 2 aromatic heterocycles. The summed E-state index contributed by atoms with van der Waals surface area (Å²) in [4.78, 5) is 20.6. The molecule has 0 saturated heterocycles. The molecule has 0 saturated carbocycles. The fourth-order valence-electron chi connectivity index (χ4n) is 2.46. The van der Waals surface area contributed by atoms with Gasteiger partial charge in [-0.1, -0.05) is 0 Å². The Morgan fingerprint density at radius 1 is 1.21 bits per heavy atom. The number of carbonyl (C=O) groups is 1. The molecule has 0 spiro atoms. The zero-order valence-electron chi connectivity index (χ0n) is 15.3. The van der Waals surface area contributed by atoms with Crippen LogP contribution in [0.4, 0.5) is 5.69 Å². The predicted molar refractivity (Wildman–Crippen MR) is 109 cm³/mol. The highest BCUT2D eigenvalue weighted by atomic mass is 32.2. The van der Waals surface area contributed by atoms with Gasteiger partial charge < -0.3 is 10.1 Å². The smallest absolute Gasteiger partial charge is 0.225 e. The van der Waals surface area contributed by atoms with Gasteiger partial charge in [0.15, 0.2) is 0 Å². The van der Waals surface area contributed by atoms with Crippen LogP contribution in [0.25, 0.3) is 11.3 Å². The number of hydrogen-bond acceptors (Lipinski definition) is 6. The molecule has 0 fully saturated rings. The zero-order chi connectivity index (χ0) is 19.8. The van der Waals surface area contributed by atoms with E-state index >= 15 is 0 Å². The van der Waals surface area contributed by atoms with Crippen LogP contribution in [-0.4, -0.2) is 28.7 Å². The summed E-state index contributed by atoms with van der Waals surface area (Å²) in [6.45, 7) is 0. The van der Waals surface area contributed by atoms with Gasteiger partial charge in [-0.3, -0.25) is 9.78 Å². The fourth-order valence-corrected chi connectivity index (χ4v) is 3.37. The molecule has 1 amide bonds. The van der Waals surface area contributed by atoms with Crippen LogP contribution in [-0.2, 0) is 4.79 Å². The van der Waals surface area contributed by atoms with Gasteiger partial charge in [-0.2, -0.15) is 5.26 Å². The Morgan fingerprint density at radius 2 is 2.04 bits per heavy atom. The average Bonchev–Trinajstić information content (AvgIpc) is 2.74. The van der Waals surface area contributed by atoms with Crippen molar-refractivity contribution in [2.24, 2.45) is 0 Å². The SMILES string of the molecule is COc1ccc(-c2ccc(C#N)c(SCCC(=O)Nc3cccnc3)n2)cc1. The largest absolute Gasteiger partial charge is 0.497 e. The summed E-state index contributed by atoms with van der Waals surface area (Å²) in [5.74, 6) is 1.18. The fraction of sp³-hybridized carbons (Fsp3) is 0.143. The molecule has 0 radical (unpaired) electrons. The normalized spacial score (nSPS) is 10.1. The van der Waals surface area contributed by atoms with Gasteiger partial charge in [0.25, 0.3) is 0 Å². The van der Waals surface area contributed by atoms with Crippen LogP contribution in [0.3, 0.4) is 0 Å². The van der Waals surface area contributed by atoms with E-state index in [2.05, 4.69) is 21.4 Å². The maximum atomic E-state index is 12.1. The second kappa shape index (κ2) is 9.53. The molecule has 0 aliphatic carbocycles. The number of benzene rings is 1. The Hall–Kier alpha value is -3.37. The molecule has 6 nitrogen and oxygen atoms in total. The first-order valence-corrected chi connectivity index (χ1v) is 9.56. The summed E-state index contributed by atoms with van der Waals surface area (Å²) in [6, 6.07) is 16.8. The molecule has 1 aromatic carbocycles. The first-order chi connectivity index (χ1) is 13.7. The van der Waals surface area contributed by atoms with Crippen molar-refractivity contribution in [1.29, 1.82) is 5.26 Å². The van der Waals surface area contributed by atoms with Crippen LogP contribution in [0, 0.1) is 11.3 Å². The Kier molecular flexibility index (Phi) is 6.60. The minimum Gasteiger partial charge on any atom is -0.497 e. The summed E-state index contributed by atoms with van der Waals surface area (Å²) in [7, 11) is 1.62. The zero-order valence-corrected chi connectivity index (χ0v) is 16.1. The lowest BCUT2D eigenvalue weighted by molar-refractivity contribution is -0.115. The molecular weight excluding hydrogens is 372 g/mol. The standard InChI is InChI=1S/C21H18N4O2S/c1-27-18-7-4-15(5-8-18)19-9-6-16(13-22)21(25-19)28-12-10-20(26)24-17-3-2-11-23-14-17/h2-9,11,14H,10,12H2,1H3,(H,24,26). The number of amides is 1. The van der Waals surface area contributed by atoms with E-state index in [4.69, 9.17) is 4.74 Å². The van der Waals surface area contributed by atoms with Crippen molar-refractivity contribution >= 4 is 23.4 Å². The number of nitrogens with one attached hydrogen (secondary N) is 1. The van der Waals surface area contributed by atoms with Crippen LogP contribution in [0.1, 0.15) is 12.0 Å². The van der Waals surface area contributed by atoms with Crippen molar-refractivity contribution in [3.05, 3.63) is 66.5 Å². The average molecular weight is 390 g/mol. The van der Waals surface area contributed by atoms with Crippen molar-refractivity contribution in [3.63, 3.8) is 0 Å². The Morgan fingerprint density at radius 3 is 2.71 bits per heavy atom. The van der Waals surface area contributed by atoms with E-state index in [1.165, 1.54) is 11.8 Å². The quantitative estimate of drug-likeness (QED) is 0.610. The minimum atomic E-state index is -0.106. The van der Waals surface area contributed by atoms with Crippen molar-refractivity contribution in [2.45, 2.75) is 11.4 Å². The molecule has 2 heterocycles. The van der Waals surface area contributed by atoms with Crippen LogP contribution < -0.4 is 10.1 Å². The molecule has 0 aliphatic rings. The Balaban J connectivity index is 1.65. The molecule has 3 aromatic rings. The topological polar surface area (TPSA) is 87.9 Å². The number of hydrogen-bond donors (Lipinski definition) is 1. The van der Waals surface area contributed by atoms with E-state index in [1.807, 2.05) is 30.3 Å². The second-order valence-electron chi connectivity index (χ2n) is 5.78. The lowest BCUT2D eigenvalue weighted by Gasteiger charge is -2.08. The number of pyridine rings is 2. The lowest BCUT2D eigenvalue weighted by Crippen LogP contribution is -2.12. The molecule has 0 unspecified atom stereocenters. The van der Waals surface area contributed by atoms with Crippen molar-refractivity contribution < 1.29 is 9.53 Å². The number of carbonyl (C=O) groups excluding carboxylic acids is 1. The van der Waals surface area contributed by atoms with E-state index in [9.17, 15) is 10.1 Å². The summed E-state index contributed by atoms with van der Waals surface area (Å²) in [6.07, 6.45) is 3.55. The van der Waals surface area contributed by atoms with E-state index in [-0.39, 0.29) is 5.91 Å². The third kappa shape index (κ3) is 5.09. The number of ether oxygens (including phenoxy) is 1. The summed E-state index contributed by atoms with van der Waals surface area (Å²) >= 11 is 1.39. The second-order valence-corrected chi connectivity index (χ2v) is 6.86. The van der Waals surface area contributed by atoms with Gasteiger partial charge in [0.1, 0.15) is 16.8 Å². The molecule has 0 bridgehead atoms.